The van der Waals surface area contributed by atoms with Crippen LogP contribution >= 0.6 is 11.3 Å². The molecule has 7 heteroatoms. The van der Waals surface area contributed by atoms with Crippen molar-refractivity contribution in [2.24, 2.45) is 0 Å². The lowest BCUT2D eigenvalue weighted by molar-refractivity contribution is 0.0952. The smallest absolute Gasteiger partial charge is 0.251 e. The summed E-state index contributed by atoms with van der Waals surface area (Å²) in [6, 6.07) is 20.0. The third-order valence-electron chi connectivity index (χ3n) is 6.18. The van der Waals surface area contributed by atoms with Crippen LogP contribution in [0, 0.1) is 0 Å². The molecule has 1 amide bonds. The van der Waals surface area contributed by atoms with Gasteiger partial charge in [0.15, 0.2) is 11.4 Å². The van der Waals surface area contributed by atoms with Crippen LogP contribution in [0.4, 0.5) is 5.82 Å². The Balaban J connectivity index is 1.00. The normalized spacial score (nSPS) is 14.6. The zero-order valence-electron chi connectivity index (χ0n) is 18.6. The molecule has 5 rings (SSSR count). The minimum Gasteiger partial charge on any atom is -0.353 e. The van der Waals surface area contributed by atoms with Crippen molar-refractivity contribution >= 4 is 33.3 Å². The lowest BCUT2D eigenvalue weighted by Crippen LogP contribution is -2.46. The Morgan fingerprint density at radius 2 is 1.70 bits per heavy atom. The van der Waals surface area contributed by atoms with Gasteiger partial charge in [0.25, 0.3) is 5.91 Å². The zero-order valence-corrected chi connectivity index (χ0v) is 19.4. The fourth-order valence-electron chi connectivity index (χ4n) is 4.26. The monoisotopic (exact) mass is 460 g/mol. The van der Waals surface area contributed by atoms with Crippen LogP contribution in [0.2, 0.25) is 0 Å². The van der Waals surface area contributed by atoms with Crippen molar-refractivity contribution < 1.29 is 9.32 Å². The third-order valence-corrected chi connectivity index (χ3v) is 7.07. The maximum atomic E-state index is 12.4. The molecule has 0 aliphatic carbocycles. The first-order valence-corrected chi connectivity index (χ1v) is 12.4. The fourth-order valence-corrected chi connectivity index (χ4v) is 5.08. The second-order valence-corrected chi connectivity index (χ2v) is 9.27. The SMILES string of the molecule is O=C(NCCCCN1CCN(c2noc3ccsc23)CC1)c1ccc(-c2ccccc2)cc1. The number of amides is 1. The number of hydrogen-bond donors (Lipinski definition) is 1. The zero-order chi connectivity index (χ0) is 22.5. The summed E-state index contributed by atoms with van der Waals surface area (Å²) in [4.78, 5) is 17.3. The van der Waals surface area contributed by atoms with Crippen molar-refractivity contribution in [3.05, 3.63) is 71.6 Å². The van der Waals surface area contributed by atoms with Gasteiger partial charge in [-0.2, -0.15) is 0 Å². The topological polar surface area (TPSA) is 61.6 Å². The summed E-state index contributed by atoms with van der Waals surface area (Å²) in [5.74, 6) is 0.981. The van der Waals surface area contributed by atoms with Gasteiger partial charge in [-0.25, -0.2) is 0 Å². The number of aromatic nitrogens is 1. The first kappa shape index (κ1) is 21.7. The maximum absolute atomic E-state index is 12.4. The molecule has 1 saturated heterocycles. The van der Waals surface area contributed by atoms with E-state index >= 15 is 0 Å². The van der Waals surface area contributed by atoms with Crippen LogP contribution < -0.4 is 10.2 Å². The molecule has 3 heterocycles. The third kappa shape index (κ3) is 5.10. The van der Waals surface area contributed by atoms with Crippen LogP contribution in [0.15, 0.2) is 70.6 Å². The van der Waals surface area contributed by atoms with Gasteiger partial charge in [-0.05, 0) is 54.1 Å². The van der Waals surface area contributed by atoms with E-state index in [1.807, 2.05) is 53.9 Å². The van der Waals surface area contributed by atoms with E-state index in [2.05, 4.69) is 32.4 Å². The Morgan fingerprint density at radius 1 is 0.939 bits per heavy atom. The Hall–Kier alpha value is -3.16. The highest BCUT2D eigenvalue weighted by molar-refractivity contribution is 7.17. The molecule has 0 spiro atoms. The summed E-state index contributed by atoms with van der Waals surface area (Å²) >= 11 is 1.69. The molecule has 33 heavy (non-hydrogen) atoms. The summed E-state index contributed by atoms with van der Waals surface area (Å²) in [5.41, 5.74) is 3.87. The van der Waals surface area contributed by atoms with Gasteiger partial charge in [0.1, 0.15) is 4.70 Å². The predicted molar refractivity (Wildman–Crippen MR) is 134 cm³/mol. The maximum Gasteiger partial charge on any atom is 0.251 e. The molecule has 6 nitrogen and oxygen atoms in total. The van der Waals surface area contributed by atoms with E-state index in [-0.39, 0.29) is 5.91 Å². The van der Waals surface area contributed by atoms with Gasteiger partial charge in [-0.1, -0.05) is 47.6 Å². The van der Waals surface area contributed by atoms with Gasteiger partial charge < -0.3 is 14.7 Å². The number of fused-ring (bicyclic) bond motifs is 1. The highest BCUT2D eigenvalue weighted by Crippen LogP contribution is 2.31. The quantitative estimate of drug-likeness (QED) is 0.380. The van der Waals surface area contributed by atoms with Crippen LogP contribution in [0.5, 0.6) is 0 Å². The Bertz CT molecular complexity index is 1180. The number of piperazine rings is 1. The van der Waals surface area contributed by atoms with Crippen molar-refractivity contribution in [1.29, 1.82) is 0 Å². The molecule has 1 fully saturated rings. The fraction of sp³-hybridized carbons (Fsp3) is 0.308. The molecule has 0 radical (unpaired) electrons. The largest absolute Gasteiger partial charge is 0.353 e. The van der Waals surface area contributed by atoms with Gasteiger partial charge in [-0.15, -0.1) is 11.3 Å². The summed E-state index contributed by atoms with van der Waals surface area (Å²) in [6.07, 6.45) is 2.06. The van der Waals surface area contributed by atoms with Crippen LogP contribution in [0.3, 0.4) is 0 Å². The molecule has 170 valence electrons. The number of thiophene rings is 1. The average Bonchev–Trinajstić information content (AvgIpc) is 3.49. The number of carbonyl (C=O) groups excluding carboxylic acids is 1. The number of nitrogens with one attached hydrogen (secondary N) is 1. The van der Waals surface area contributed by atoms with Gasteiger partial charge in [-0.3, -0.25) is 9.69 Å². The van der Waals surface area contributed by atoms with Crippen LogP contribution in [-0.2, 0) is 0 Å². The van der Waals surface area contributed by atoms with E-state index in [1.165, 1.54) is 0 Å². The summed E-state index contributed by atoms with van der Waals surface area (Å²) in [7, 11) is 0. The minimum absolute atomic E-state index is 0.00395. The van der Waals surface area contributed by atoms with E-state index in [1.54, 1.807) is 11.3 Å². The van der Waals surface area contributed by atoms with Gasteiger partial charge in [0.2, 0.25) is 0 Å². The first-order valence-electron chi connectivity index (χ1n) is 11.5. The second-order valence-electron chi connectivity index (χ2n) is 8.36. The van der Waals surface area contributed by atoms with E-state index in [4.69, 9.17) is 4.52 Å². The van der Waals surface area contributed by atoms with Crippen molar-refractivity contribution in [3.8, 4) is 11.1 Å². The average molecular weight is 461 g/mol. The Labute approximate surface area is 197 Å². The lowest BCUT2D eigenvalue weighted by atomic mass is 10.0. The molecule has 1 aliphatic rings. The summed E-state index contributed by atoms with van der Waals surface area (Å²) in [6.45, 7) is 5.75. The van der Waals surface area contributed by atoms with Crippen LogP contribution in [0.1, 0.15) is 23.2 Å². The molecule has 1 N–H and O–H groups in total. The van der Waals surface area contributed by atoms with Crippen molar-refractivity contribution in [1.82, 2.24) is 15.4 Å². The van der Waals surface area contributed by atoms with Crippen molar-refractivity contribution in [2.75, 3.05) is 44.2 Å². The van der Waals surface area contributed by atoms with E-state index in [0.717, 1.165) is 72.8 Å². The van der Waals surface area contributed by atoms with E-state index in [0.29, 0.717) is 12.1 Å². The first-order chi connectivity index (χ1) is 16.3. The molecule has 0 unspecified atom stereocenters. The van der Waals surface area contributed by atoms with Gasteiger partial charge in [0.05, 0.1) is 0 Å². The molecule has 1 aliphatic heterocycles. The number of carbonyl (C=O) groups is 1. The van der Waals surface area contributed by atoms with Crippen LogP contribution in [-0.4, -0.2) is 55.2 Å². The highest BCUT2D eigenvalue weighted by Gasteiger charge is 2.22. The van der Waals surface area contributed by atoms with Crippen LogP contribution in [0.25, 0.3) is 21.4 Å². The van der Waals surface area contributed by atoms with Crippen molar-refractivity contribution in [3.63, 3.8) is 0 Å². The number of unbranched alkanes of at least 4 members (excludes halogenated alkanes) is 1. The number of anilines is 1. The lowest BCUT2D eigenvalue weighted by Gasteiger charge is -2.34. The Morgan fingerprint density at radius 3 is 2.48 bits per heavy atom. The number of benzene rings is 2. The molecule has 0 bridgehead atoms. The minimum atomic E-state index is -0.00395. The molecule has 0 atom stereocenters. The van der Waals surface area contributed by atoms with E-state index in [9.17, 15) is 4.79 Å². The summed E-state index contributed by atoms with van der Waals surface area (Å²) < 4.78 is 6.56. The molecule has 4 aromatic rings. The molecular formula is C26H28N4O2S. The second kappa shape index (κ2) is 10.2. The molecular weight excluding hydrogens is 432 g/mol. The van der Waals surface area contributed by atoms with Gasteiger partial charge >= 0.3 is 0 Å². The standard InChI is InChI=1S/C26H28N4O2S/c31-26(22-10-8-21(9-11-22)20-6-2-1-3-7-20)27-13-4-5-14-29-15-17-30(18-16-29)25-24-23(32-28-25)12-19-33-24/h1-3,6-12,19H,4-5,13-18H2,(H,27,31). The molecule has 2 aromatic carbocycles. The Kier molecular flexibility index (Phi) is 6.69. The number of rotatable bonds is 8. The molecule has 2 aromatic heterocycles. The van der Waals surface area contributed by atoms with E-state index < -0.39 is 0 Å². The predicted octanol–water partition coefficient (Wildman–Crippen LogP) is 4.89. The molecule has 0 saturated carbocycles. The van der Waals surface area contributed by atoms with Crippen molar-refractivity contribution in [2.45, 2.75) is 12.8 Å². The van der Waals surface area contributed by atoms with Gasteiger partial charge in [0, 0.05) is 38.3 Å². The summed E-state index contributed by atoms with van der Waals surface area (Å²) in [5, 5.41) is 9.36. The number of hydrogen-bond acceptors (Lipinski definition) is 6. The number of nitrogens with zero attached hydrogens (tertiary/aromatic N) is 3. The highest BCUT2D eigenvalue weighted by atomic mass is 32.1.